The van der Waals surface area contributed by atoms with Crippen molar-refractivity contribution in [2.24, 2.45) is 0 Å². The zero-order chi connectivity index (χ0) is 13.1. The number of benzene rings is 2. The molecular weight excluding hydrogens is 271 g/mol. The van der Waals surface area contributed by atoms with E-state index in [0.717, 1.165) is 5.56 Å². The number of carbonyl (C=O) groups excluding carboxylic acids is 1. The summed E-state index contributed by atoms with van der Waals surface area (Å²) in [6, 6.07) is 11.6. The van der Waals surface area contributed by atoms with Crippen molar-refractivity contribution >= 4 is 29.2 Å². The molecule has 2 aromatic carbocycles. The molecule has 0 aromatic heterocycles. The fourth-order valence-electron chi connectivity index (χ4n) is 1.43. The first-order valence-electron chi connectivity index (χ1n) is 5.30. The van der Waals surface area contributed by atoms with E-state index >= 15 is 0 Å². The molecule has 2 aromatic rings. The lowest BCUT2D eigenvalue weighted by molar-refractivity contribution is 0.0735. The van der Waals surface area contributed by atoms with Crippen LogP contribution in [0.2, 0.25) is 10.0 Å². The Morgan fingerprint density at radius 3 is 2.33 bits per heavy atom. The summed E-state index contributed by atoms with van der Waals surface area (Å²) in [6.07, 6.45) is 0. The number of ether oxygens (including phenoxy) is 1. The van der Waals surface area contributed by atoms with Crippen molar-refractivity contribution in [3.63, 3.8) is 0 Å². The lowest BCUT2D eigenvalue weighted by Gasteiger charge is -2.06. The molecule has 0 aliphatic heterocycles. The summed E-state index contributed by atoms with van der Waals surface area (Å²) in [7, 11) is 0. The molecule has 0 bridgehead atoms. The van der Waals surface area contributed by atoms with Crippen molar-refractivity contribution in [3.8, 4) is 5.75 Å². The molecule has 18 heavy (non-hydrogen) atoms. The molecule has 0 radical (unpaired) electrons. The summed E-state index contributed by atoms with van der Waals surface area (Å²) in [6.45, 7) is 1.85. The molecule has 0 amide bonds. The lowest BCUT2D eigenvalue weighted by atomic mass is 10.2. The molecule has 0 spiro atoms. The van der Waals surface area contributed by atoms with Crippen LogP contribution in [-0.2, 0) is 0 Å². The third-order valence-corrected chi connectivity index (χ3v) is 3.10. The van der Waals surface area contributed by atoms with Gasteiger partial charge in [0.05, 0.1) is 5.56 Å². The SMILES string of the molecule is Cc1cc(OC(=O)c2ccc(Cl)cc2)ccc1Cl. The Morgan fingerprint density at radius 1 is 1.06 bits per heavy atom. The van der Waals surface area contributed by atoms with E-state index in [1.165, 1.54) is 0 Å². The second kappa shape index (κ2) is 5.42. The molecule has 0 atom stereocenters. The Balaban J connectivity index is 2.16. The fraction of sp³-hybridized carbons (Fsp3) is 0.0714. The van der Waals surface area contributed by atoms with Gasteiger partial charge >= 0.3 is 5.97 Å². The van der Waals surface area contributed by atoms with Crippen LogP contribution >= 0.6 is 23.2 Å². The van der Waals surface area contributed by atoms with Crippen LogP contribution in [0, 0.1) is 6.92 Å². The Kier molecular flexibility index (Phi) is 3.90. The largest absolute Gasteiger partial charge is 0.423 e. The van der Waals surface area contributed by atoms with Crippen LogP contribution in [-0.4, -0.2) is 5.97 Å². The summed E-state index contributed by atoms with van der Waals surface area (Å²) in [5, 5.41) is 1.22. The van der Waals surface area contributed by atoms with E-state index in [0.29, 0.717) is 21.4 Å². The van der Waals surface area contributed by atoms with Crippen molar-refractivity contribution in [1.82, 2.24) is 0 Å². The van der Waals surface area contributed by atoms with Gasteiger partial charge in [-0.3, -0.25) is 0 Å². The zero-order valence-corrected chi connectivity index (χ0v) is 11.1. The summed E-state index contributed by atoms with van der Waals surface area (Å²) >= 11 is 11.6. The number of rotatable bonds is 2. The van der Waals surface area contributed by atoms with Crippen LogP contribution in [0.3, 0.4) is 0 Å². The van der Waals surface area contributed by atoms with Gasteiger partial charge in [0.2, 0.25) is 0 Å². The maximum absolute atomic E-state index is 11.8. The van der Waals surface area contributed by atoms with Gasteiger partial charge in [0.1, 0.15) is 5.75 Å². The van der Waals surface area contributed by atoms with Gasteiger partial charge < -0.3 is 4.74 Å². The number of carbonyl (C=O) groups is 1. The van der Waals surface area contributed by atoms with E-state index in [9.17, 15) is 4.79 Å². The molecule has 0 N–H and O–H groups in total. The second-order valence-corrected chi connectivity index (χ2v) is 4.65. The van der Waals surface area contributed by atoms with Gasteiger partial charge in [-0.05, 0) is 55.0 Å². The number of hydrogen-bond acceptors (Lipinski definition) is 2. The third-order valence-electron chi connectivity index (χ3n) is 2.42. The Bertz CT molecular complexity index is 577. The average Bonchev–Trinajstić information content (AvgIpc) is 2.34. The van der Waals surface area contributed by atoms with Crippen LogP contribution in [0.4, 0.5) is 0 Å². The highest BCUT2D eigenvalue weighted by molar-refractivity contribution is 6.31. The van der Waals surface area contributed by atoms with Crippen LogP contribution in [0.25, 0.3) is 0 Å². The van der Waals surface area contributed by atoms with E-state index < -0.39 is 5.97 Å². The molecule has 0 aliphatic carbocycles. The van der Waals surface area contributed by atoms with Crippen molar-refractivity contribution in [3.05, 3.63) is 63.6 Å². The Morgan fingerprint density at radius 2 is 1.72 bits per heavy atom. The van der Waals surface area contributed by atoms with Gasteiger partial charge in [0, 0.05) is 10.0 Å². The van der Waals surface area contributed by atoms with Gasteiger partial charge in [-0.15, -0.1) is 0 Å². The van der Waals surface area contributed by atoms with E-state index in [1.807, 2.05) is 6.92 Å². The highest BCUT2D eigenvalue weighted by Gasteiger charge is 2.09. The minimum Gasteiger partial charge on any atom is -0.423 e. The van der Waals surface area contributed by atoms with Gasteiger partial charge in [0.15, 0.2) is 0 Å². The summed E-state index contributed by atoms with van der Waals surface area (Å²) < 4.78 is 5.24. The lowest BCUT2D eigenvalue weighted by Crippen LogP contribution is -2.08. The molecule has 4 heteroatoms. The summed E-state index contributed by atoms with van der Waals surface area (Å²) in [4.78, 5) is 11.8. The second-order valence-electron chi connectivity index (χ2n) is 3.81. The molecule has 0 saturated heterocycles. The quantitative estimate of drug-likeness (QED) is 0.597. The third kappa shape index (κ3) is 3.03. The molecule has 0 fully saturated rings. The average molecular weight is 281 g/mol. The first kappa shape index (κ1) is 12.9. The van der Waals surface area contributed by atoms with Gasteiger partial charge in [0.25, 0.3) is 0 Å². The van der Waals surface area contributed by atoms with E-state index in [2.05, 4.69) is 0 Å². The number of esters is 1. The van der Waals surface area contributed by atoms with E-state index in [-0.39, 0.29) is 0 Å². The topological polar surface area (TPSA) is 26.3 Å². The fourth-order valence-corrected chi connectivity index (χ4v) is 1.68. The predicted molar refractivity (Wildman–Crippen MR) is 72.6 cm³/mol. The van der Waals surface area contributed by atoms with Crippen LogP contribution in [0.15, 0.2) is 42.5 Å². The first-order chi connectivity index (χ1) is 8.56. The highest BCUT2D eigenvalue weighted by Crippen LogP contribution is 2.22. The van der Waals surface area contributed by atoms with Gasteiger partial charge in [-0.1, -0.05) is 23.2 Å². The van der Waals surface area contributed by atoms with Crippen molar-refractivity contribution in [2.45, 2.75) is 6.92 Å². The van der Waals surface area contributed by atoms with Crippen molar-refractivity contribution < 1.29 is 9.53 Å². The van der Waals surface area contributed by atoms with Crippen LogP contribution in [0.5, 0.6) is 5.75 Å². The number of halogens is 2. The minimum atomic E-state index is -0.423. The number of hydrogen-bond donors (Lipinski definition) is 0. The Hall–Kier alpha value is -1.51. The molecule has 0 aliphatic rings. The molecule has 2 nitrogen and oxygen atoms in total. The molecule has 0 unspecified atom stereocenters. The maximum atomic E-state index is 11.8. The van der Waals surface area contributed by atoms with Gasteiger partial charge in [-0.2, -0.15) is 0 Å². The molecule has 2 rings (SSSR count). The molecule has 0 saturated carbocycles. The summed E-state index contributed by atoms with van der Waals surface area (Å²) in [5.74, 6) is 0.0465. The van der Waals surface area contributed by atoms with E-state index in [4.69, 9.17) is 27.9 Å². The van der Waals surface area contributed by atoms with E-state index in [1.54, 1.807) is 42.5 Å². The van der Waals surface area contributed by atoms with Crippen LogP contribution in [0.1, 0.15) is 15.9 Å². The summed E-state index contributed by atoms with van der Waals surface area (Å²) in [5.41, 5.74) is 1.31. The van der Waals surface area contributed by atoms with Crippen molar-refractivity contribution in [2.75, 3.05) is 0 Å². The van der Waals surface area contributed by atoms with Crippen molar-refractivity contribution in [1.29, 1.82) is 0 Å². The number of aryl methyl sites for hydroxylation is 1. The van der Waals surface area contributed by atoms with Crippen LogP contribution < -0.4 is 4.74 Å². The zero-order valence-electron chi connectivity index (χ0n) is 9.61. The molecular formula is C14H10Cl2O2. The maximum Gasteiger partial charge on any atom is 0.343 e. The predicted octanol–water partition coefficient (Wildman–Crippen LogP) is 4.52. The normalized spacial score (nSPS) is 10.2. The Labute approximate surface area is 115 Å². The first-order valence-corrected chi connectivity index (χ1v) is 6.06. The monoisotopic (exact) mass is 280 g/mol. The minimum absolute atomic E-state index is 0.423. The molecule has 92 valence electrons. The standard InChI is InChI=1S/C14H10Cl2O2/c1-9-8-12(6-7-13(9)16)18-14(17)10-2-4-11(15)5-3-10/h2-8H,1H3. The molecule has 0 heterocycles. The smallest absolute Gasteiger partial charge is 0.343 e. The van der Waals surface area contributed by atoms with Gasteiger partial charge in [-0.25, -0.2) is 4.79 Å². The highest BCUT2D eigenvalue weighted by atomic mass is 35.5.